The highest BCUT2D eigenvalue weighted by molar-refractivity contribution is 8.05. The number of anilines is 1. The van der Waals surface area contributed by atoms with Crippen LogP contribution in [0.25, 0.3) is 0 Å². The molecule has 0 bridgehead atoms. The van der Waals surface area contributed by atoms with E-state index in [2.05, 4.69) is 20.3 Å². The molecule has 0 saturated carbocycles. The van der Waals surface area contributed by atoms with Gasteiger partial charge in [0.2, 0.25) is 12.5 Å². The maximum Gasteiger partial charge on any atom is 0.344 e. The Bertz CT molecular complexity index is 989. The van der Waals surface area contributed by atoms with E-state index in [1.165, 1.54) is 28.4 Å². The summed E-state index contributed by atoms with van der Waals surface area (Å²) in [6.07, 6.45) is 0. The molecule has 2 fully saturated rings. The molecule has 2 aliphatic heterocycles. The SMILES string of the molecule is CCSC1(C(=O)O)CS[C@@H]2C(NC(=O)C(=NOCC(=O)O)c3nc(N)sc3Cl)C(=O)N2C1. The number of rotatable bonds is 9. The topological polar surface area (TPSA) is 185 Å². The lowest BCUT2D eigenvalue weighted by atomic mass is 10.0. The van der Waals surface area contributed by atoms with Gasteiger partial charge in [-0.15, -0.1) is 23.5 Å². The monoisotopic (exact) mass is 523 g/mol. The number of hydrogen-bond acceptors (Lipinski definition) is 11. The van der Waals surface area contributed by atoms with Crippen LogP contribution in [0.2, 0.25) is 4.34 Å². The molecule has 2 aliphatic rings. The number of nitrogen functional groups attached to an aromatic ring is 1. The van der Waals surface area contributed by atoms with Crippen molar-refractivity contribution in [2.75, 3.05) is 30.4 Å². The van der Waals surface area contributed by atoms with Crippen molar-refractivity contribution in [3.63, 3.8) is 0 Å². The van der Waals surface area contributed by atoms with Gasteiger partial charge in [0.1, 0.15) is 26.2 Å². The van der Waals surface area contributed by atoms with E-state index in [9.17, 15) is 24.3 Å². The van der Waals surface area contributed by atoms with Gasteiger partial charge in [0.25, 0.3) is 5.91 Å². The molecular formula is C16H18ClN5O7S3. The maximum absolute atomic E-state index is 12.9. The van der Waals surface area contributed by atoms with Crippen LogP contribution in [0, 0.1) is 0 Å². The minimum absolute atomic E-state index is 0.0286. The Balaban J connectivity index is 1.75. The number of fused-ring (bicyclic) bond motifs is 1. The van der Waals surface area contributed by atoms with Gasteiger partial charge in [0, 0.05) is 12.3 Å². The van der Waals surface area contributed by atoms with Crippen LogP contribution in [-0.4, -0.2) is 90.4 Å². The summed E-state index contributed by atoms with van der Waals surface area (Å²) in [4.78, 5) is 58.0. The van der Waals surface area contributed by atoms with Crippen LogP contribution in [0.4, 0.5) is 5.13 Å². The van der Waals surface area contributed by atoms with Gasteiger partial charge in [0.15, 0.2) is 10.8 Å². The molecule has 2 saturated heterocycles. The Labute approximate surface area is 198 Å². The average Bonchev–Trinajstić information content (AvgIpc) is 3.06. The quantitative estimate of drug-likeness (QED) is 0.196. The van der Waals surface area contributed by atoms with Crippen LogP contribution in [-0.2, 0) is 24.0 Å². The van der Waals surface area contributed by atoms with Crippen LogP contribution in [0.15, 0.2) is 5.16 Å². The molecular weight excluding hydrogens is 506 g/mol. The Hall–Kier alpha value is -2.23. The van der Waals surface area contributed by atoms with E-state index in [1.54, 1.807) is 0 Å². The van der Waals surface area contributed by atoms with Gasteiger partial charge in [-0.05, 0) is 5.75 Å². The third-order valence-corrected chi connectivity index (χ3v) is 8.62. The van der Waals surface area contributed by atoms with Crippen molar-refractivity contribution in [3.05, 3.63) is 10.0 Å². The minimum Gasteiger partial charge on any atom is -0.480 e. The Kier molecular flexibility index (Phi) is 7.42. The molecule has 1 aromatic rings. The molecule has 16 heteroatoms. The van der Waals surface area contributed by atoms with Crippen LogP contribution in [0.5, 0.6) is 0 Å². The summed E-state index contributed by atoms with van der Waals surface area (Å²) >= 11 is 9.45. The van der Waals surface area contributed by atoms with E-state index < -0.39 is 52.2 Å². The number of carbonyl (C=O) groups is 4. The molecule has 2 unspecified atom stereocenters. The number of β-lactam (4-membered cyclic amide) rings is 1. The summed E-state index contributed by atoms with van der Waals surface area (Å²) in [5, 5.41) is 24.0. The van der Waals surface area contributed by atoms with Crippen molar-refractivity contribution in [2.24, 2.45) is 5.16 Å². The van der Waals surface area contributed by atoms with Crippen molar-refractivity contribution in [3.8, 4) is 0 Å². The first kappa shape index (κ1) is 24.4. The van der Waals surface area contributed by atoms with Crippen molar-refractivity contribution >= 4 is 81.1 Å². The number of thioether (sulfide) groups is 2. The van der Waals surface area contributed by atoms with Gasteiger partial charge >= 0.3 is 11.9 Å². The molecule has 0 radical (unpaired) electrons. The van der Waals surface area contributed by atoms with E-state index in [1.807, 2.05) is 6.92 Å². The van der Waals surface area contributed by atoms with Gasteiger partial charge < -0.3 is 31.0 Å². The highest BCUT2D eigenvalue weighted by Gasteiger charge is 2.57. The Morgan fingerprint density at radius 1 is 1.47 bits per heavy atom. The summed E-state index contributed by atoms with van der Waals surface area (Å²) in [7, 11) is 0. The predicted molar refractivity (Wildman–Crippen MR) is 120 cm³/mol. The van der Waals surface area contributed by atoms with E-state index in [-0.39, 0.29) is 27.5 Å². The zero-order valence-electron chi connectivity index (χ0n) is 16.4. The van der Waals surface area contributed by atoms with E-state index in [0.29, 0.717) is 5.75 Å². The second kappa shape index (κ2) is 9.72. The van der Waals surface area contributed by atoms with Gasteiger partial charge in [0.05, 0.1) is 0 Å². The summed E-state index contributed by atoms with van der Waals surface area (Å²) in [6, 6.07) is -0.926. The van der Waals surface area contributed by atoms with Gasteiger partial charge in [-0.3, -0.25) is 14.4 Å². The number of nitrogens with zero attached hydrogens (tertiary/aromatic N) is 3. The first-order valence-electron chi connectivity index (χ1n) is 9.04. The van der Waals surface area contributed by atoms with Gasteiger partial charge in [-0.1, -0.05) is 35.0 Å². The summed E-state index contributed by atoms with van der Waals surface area (Å²) in [6.45, 7) is 1.06. The first-order valence-corrected chi connectivity index (χ1v) is 12.3. The fourth-order valence-electron chi connectivity index (χ4n) is 3.12. The first-order chi connectivity index (χ1) is 15.1. The lowest BCUT2D eigenvalue weighted by molar-refractivity contribution is -0.151. The van der Waals surface area contributed by atoms with E-state index in [4.69, 9.17) is 22.4 Å². The maximum atomic E-state index is 12.9. The number of oxime groups is 1. The molecule has 0 aromatic carbocycles. The Morgan fingerprint density at radius 2 is 2.19 bits per heavy atom. The van der Waals surface area contributed by atoms with Crippen LogP contribution >= 0.6 is 46.5 Å². The smallest absolute Gasteiger partial charge is 0.344 e. The molecule has 3 atom stereocenters. The molecule has 3 heterocycles. The molecule has 174 valence electrons. The molecule has 5 N–H and O–H groups in total. The van der Waals surface area contributed by atoms with Crippen molar-refractivity contribution in [1.29, 1.82) is 0 Å². The minimum atomic E-state index is -1.31. The number of aliphatic carboxylic acids is 2. The summed E-state index contributed by atoms with van der Waals surface area (Å²) in [5.74, 6) is -2.76. The van der Waals surface area contributed by atoms with E-state index in [0.717, 1.165) is 11.3 Å². The standard InChI is InChI=1S/C16H18ClN5O7S3/c1-2-31-16(14(27)28)4-22-12(26)9(13(22)30-5-16)19-11(25)8(21-29-3-6(23)24)7-10(17)32-15(18)20-7/h9,13H,2-5H2,1H3,(H2,18,20)(H,19,25)(H,23,24)(H,27,28)/t9?,13-,16?/m1/s1. The van der Waals surface area contributed by atoms with Crippen LogP contribution in [0.1, 0.15) is 12.6 Å². The van der Waals surface area contributed by atoms with Gasteiger partial charge in [-0.25, -0.2) is 9.78 Å². The number of nitrogens with two attached hydrogens (primary N) is 1. The molecule has 32 heavy (non-hydrogen) atoms. The number of amides is 2. The number of carboxylic acid groups (broad SMARTS) is 2. The number of aromatic nitrogens is 1. The molecule has 2 amide bonds. The molecule has 0 aliphatic carbocycles. The number of thiazole rings is 1. The van der Waals surface area contributed by atoms with Crippen LogP contribution in [0.3, 0.4) is 0 Å². The highest BCUT2D eigenvalue weighted by atomic mass is 35.5. The summed E-state index contributed by atoms with van der Waals surface area (Å²) < 4.78 is -1.07. The predicted octanol–water partition coefficient (Wildman–Crippen LogP) is 0.160. The van der Waals surface area contributed by atoms with E-state index >= 15 is 0 Å². The van der Waals surface area contributed by atoms with Gasteiger partial charge in [-0.2, -0.15) is 0 Å². The average molecular weight is 524 g/mol. The zero-order valence-corrected chi connectivity index (χ0v) is 19.6. The molecule has 12 nitrogen and oxygen atoms in total. The zero-order chi connectivity index (χ0) is 23.6. The largest absolute Gasteiger partial charge is 0.480 e. The van der Waals surface area contributed by atoms with Crippen LogP contribution < -0.4 is 11.1 Å². The molecule has 0 spiro atoms. The number of nitrogens with one attached hydrogen (secondary N) is 1. The molecule has 1 aromatic heterocycles. The second-order valence-electron chi connectivity index (χ2n) is 6.63. The Morgan fingerprint density at radius 3 is 2.75 bits per heavy atom. The fraction of sp³-hybridized carbons (Fsp3) is 0.500. The third kappa shape index (κ3) is 4.74. The number of hydrogen-bond donors (Lipinski definition) is 4. The number of halogens is 1. The number of carboxylic acids is 2. The lowest BCUT2D eigenvalue weighted by Crippen LogP contribution is -2.74. The highest BCUT2D eigenvalue weighted by Crippen LogP contribution is 2.44. The van der Waals surface area contributed by atoms with Crippen molar-refractivity contribution < 1.29 is 34.2 Å². The third-order valence-electron chi connectivity index (χ3n) is 4.54. The molecule has 3 rings (SSSR count). The fourth-order valence-corrected chi connectivity index (χ4v) is 6.89. The normalized spacial score (nSPS) is 25.0. The summed E-state index contributed by atoms with van der Waals surface area (Å²) in [5.41, 5.74) is 5.06. The lowest BCUT2D eigenvalue weighted by Gasteiger charge is -2.53. The van der Waals surface area contributed by atoms with Crippen molar-refractivity contribution in [2.45, 2.75) is 23.1 Å². The number of carbonyl (C=O) groups excluding carboxylic acids is 2. The van der Waals surface area contributed by atoms with Crippen molar-refractivity contribution in [1.82, 2.24) is 15.2 Å². The second-order valence-corrected chi connectivity index (χ2v) is 11.0.